The number of fused-ring (bicyclic) bond motifs is 1. The Labute approximate surface area is 340 Å². The molecule has 1 heterocycles. The molecule has 0 fully saturated rings. The van der Waals surface area contributed by atoms with Gasteiger partial charge in [-0.05, 0) is 75.6 Å². The number of unbranched alkanes of at least 4 members (excludes halogenated alkanes) is 1. The van der Waals surface area contributed by atoms with E-state index in [1.54, 1.807) is 6.07 Å². The largest absolute Gasteiger partial charge is 1.00 e. The molecule has 0 aliphatic carbocycles. The fourth-order valence-electron chi connectivity index (χ4n) is 5.02. The van der Waals surface area contributed by atoms with Crippen LogP contribution in [0.25, 0.3) is 6.08 Å². The Kier molecular flexibility index (Phi) is 16.1. The van der Waals surface area contributed by atoms with Crippen LogP contribution >= 0.6 is 0 Å². The Morgan fingerprint density at radius 1 is 0.860 bits per heavy atom. The van der Waals surface area contributed by atoms with Crippen molar-refractivity contribution in [2.75, 3.05) is 36.0 Å². The minimum absolute atomic E-state index is 0. The Morgan fingerprint density at radius 2 is 1.49 bits per heavy atom. The van der Waals surface area contributed by atoms with Gasteiger partial charge in [0.1, 0.15) is 6.54 Å². The second kappa shape index (κ2) is 16.7. The van der Waals surface area contributed by atoms with E-state index in [1.165, 1.54) is 12.1 Å². The summed E-state index contributed by atoms with van der Waals surface area (Å²) in [7, 11) is -12.6. The normalized spacial score (nSPS) is 14.8. The molecule has 0 saturated heterocycles. The maximum atomic E-state index is 11.8. The van der Waals surface area contributed by atoms with E-state index in [2.05, 4.69) is 0 Å². The second-order valence-corrected chi connectivity index (χ2v) is 15.1. The molecule has 11 nitrogen and oxygen atoms in total. The first-order chi connectivity index (χ1) is 18.8. The molecule has 0 amide bonds. The fraction of sp³-hybridized carbons (Fsp3) is 0.444. The molecule has 1 aliphatic rings. The third-order valence-corrected chi connectivity index (χ3v) is 9.59. The predicted octanol–water partition coefficient (Wildman–Crippen LogP) is -2.28. The van der Waals surface area contributed by atoms with Crippen LogP contribution in [0.2, 0.25) is 0 Å². The molecule has 3 rings (SSSR count). The molecule has 2 aromatic rings. The Balaban J connectivity index is 0.00000462. The van der Waals surface area contributed by atoms with Crippen LogP contribution in [-0.2, 0) is 35.8 Å². The first-order valence-electron chi connectivity index (χ1n) is 13.0. The van der Waals surface area contributed by atoms with Gasteiger partial charge in [0.25, 0.3) is 30.4 Å². The molecule has 2 aromatic carbocycles. The summed E-state index contributed by atoms with van der Waals surface area (Å²) in [5.74, 6) is -0.747. The molecule has 0 atom stereocenters. The minimum Gasteiger partial charge on any atom is -0.371 e. The zero-order valence-corrected chi connectivity index (χ0v) is 34.2. The molecule has 1 aliphatic heterocycles. The standard InChI is InChI=1S/C27H36N2O9S3.2K/c1-5-28(15-17-40(33,34)35)22-10-8-21(20(2)18-22)9-13-26-27(3,4)24-19-23(41(36,37)38)11-12-25(24)29(26)14-6-7-16-39(30,31)32;;/h8-13,18-19H,5-7,14-17H2,1-4H3,(H2-,30,31,32,33,34,35,36,37,38);;/q;2*+1/p+1. The van der Waals surface area contributed by atoms with E-state index < -0.39 is 35.8 Å². The molecule has 0 bridgehead atoms. The number of benzene rings is 2. The quantitative estimate of drug-likeness (QED) is 0.0893. The average Bonchev–Trinajstić information content (AvgIpc) is 3.05. The number of aryl methyl sites for hydroxylation is 1. The molecule has 3 N–H and O–H groups in total. The van der Waals surface area contributed by atoms with Crippen LogP contribution < -0.4 is 108 Å². The van der Waals surface area contributed by atoms with Crippen molar-refractivity contribution in [2.45, 2.75) is 50.8 Å². The average molecular weight is 708 g/mol. The van der Waals surface area contributed by atoms with E-state index in [9.17, 15) is 29.8 Å². The van der Waals surface area contributed by atoms with Crippen LogP contribution in [-0.4, -0.2) is 80.3 Å². The molecule has 0 spiro atoms. The van der Waals surface area contributed by atoms with Crippen molar-refractivity contribution in [3.63, 3.8) is 0 Å². The maximum absolute atomic E-state index is 11.8. The summed E-state index contributed by atoms with van der Waals surface area (Å²) in [6.45, 7) is 8.78. The molecule has 0 unspecified atom stereocenters. The van der Waals surface area contributed by atoms with Crippen LogP contribution in [0.4, 0.5) is 11.4 Å². The van der Waals surface area contributed by atoms with E-state index in [1.807, 2.05) is 67.5 Å². The zero-order valence-electron chi connectivity index (χ0n) is 25.5. The van der Waals surface area contributed by atoms with Crippen molar-refractivity contribution in [3.05, 3.63) is 59.2 Å². The smallest absolute Gasteiger partial charge is 0.371 e. The van der Waals surface area contributed by atoms with Gasteiger partial charge in [0.2, 0.25) is 5.69 Å². The van der Waals surface area contributed by atoms with Crippen molar-refractivity contribution >= 4 is 53.5 Å². The van der Waals surface area contributed by atoms with Crippen molar-refractivity contribution in [2.24, 2.45) is 0 Å². The Bertz CT molecular complexity index is 1700. The van der Waals surface area contributed by atoms with Crippen molar-refractivity contribution in [1.82, 2.24) is 0 Å². The summed E-state index contributed by atoms with van der Waals surface area (Å²) in [6, 6.07) is 10.1. The van der Waals surface area contributed by atoms with E-state index in [-0.39, 0.29) is 132 Å². The van der Waals surface area contributed by atoms with Gasteiger partial charge >= 0.3 is 103 Å². The fourth-order valence-corrected chi connectivity index (χ4v) is 6.54. The summed E-state index contributed by atoms with van der Waals surface area (Å²) < 4.78 is 98.3. The van der Waals surface area contributed by atoms with Crippen molar-refractivity contribution in [1.29, 1.82) is 0 Å². The van der Waals surface area contributed by atoms with Crippen LogP contribution in [0.1, 0.15) is 50.3 Å². The number of allylic oxidation sites excluding steroid dienone is 1. The first-order valence-corrected chi connectivity index (χ1v) is 17.7. The van der Waals surface area contributed by atoms with Crippen molar-refractivity contribution < 1.29 is 146 Å². The van der Waals surface area contributed by atoms with Crippen molar-refractivity contribution in [3.8, 4) is 0 Å². The van der Waals surface area contributed by atoms with E-state index in [4.69, 9.17) is 9.11 Å². The zero-order chi connectivity index (χ0) is 30.8. The SMILES string of the molecule is CCN(CCS(=O)(=O)O)c1ccc(/C=C/C2=[N+](CCCCS(=O)(=O)O)c3ccc(S(=O)(=O)O)cc3C2(C)C)c(C)c1.[K+].[K+]. The van der Waals surface area contributed by atoms with Crippen LogP contribution in [0.15, 0.2) is 47.4 Å². The van der Waals surface area contributed by atoms with Gasteiger partial charge in [0, 0.05) is 42.9 Å². The van der Waals surface area contributed by atoms with Gasteiger partial charge in [-0.1, -0.05) is 6.07 Å². The predicted molar refractivity (Wildman–Crippen MR) is 159 cm³/mol. The molecule has 0 aromatic heterocycles. The number of rotatable bonds is 13. The summed E-state index contributed by atoms with van der Waals surface area (Å²) in [6.07, 6.45) is 4.52. The molecule has 0 radical (unpaired) electrons. The maximum Gasteiger partial charge on any atom is 1.00 e. The third kappa shape index (κ3) is 11.7. The van der Waals surface area contributed by atoms with Crippen LogP contribution in [0.3, 0.4) is 0 Å². The van der Waals surface area contributed by atoms with E-state index >= 15 is 0 Å². The molecule has 226 valence electrons. The summed E-state index contributed by atoms with van der Waals surface area (Å²) in [5.41, 5.74) is 4.21. The summed E-state index contributed by atoms with van der Waals surface area (Å²) >= 11 is 0. The topological polar surface area (TPSA) is 169 Å². The van der Waals surface area contributed by atoms with Gasteiger partial charge in [-0.3, -0.25) is 13.7 Å². The van der Waals surface area contributed by atoms with Gasteiger partial charge in [0.05, 0.1) is 21.8 Å². The van der Waals surface area contributed by atoms with Gasteiger partial charge < -0.3 is 4.90 Å². The van der Waals surface area contributed by atoms with E-state index in [0.29, 0.717) is 25.1 Å². The minimum atomic E-state index is -4.43. The van der Waals surface area contributed by atoms with Gasteiger partial charge in [-0.2, -0.15) is 29.8 Å². The monoisotopic (exact) mass is 707 g/mol. The summed E-state index contributed by atoms with van der Waals surface area (Å²) in [5, 5.41) is 0. The number of nitrogens with zero attached hydrogens (tertiary/aromatic N) is 2. The second-order valence-electron chi connectivity index (χ2n) is 10.5. The number of hydrogen-bond acceptors (Lipinski definition) is 7. The molecular weight excluding hydrogens is 671 g/mol. The van der Waals surface area contributed by atoms with Crippen LogP contribution in [0.5, 0.6) is 0 Å². The first kappa shape index (κ1) is 41.7. The third-order valence-electron chi connectivity index (χ3n) is 7.24. The Morgan fingerprint density at radius 3 is 2.02 bits per heavy atom. The molecule has 16 heteroatoms. The van der Waals surface area contributed by atoms with Gasteiger partial charge in [-0.25, -0.2) is 0 Å². The summed E-state index contributed by atoms with van der Waals surface area (Å²) in [4.78, 5) is 1.63. The van der Waals surface area contributed by atoms with E-state index in [0.717, 1.165) is 28.2 Å². The molecule has 43 heavy (non-hydrogen) atoms. The number of anilines is 1. The van der Waals surface area contributed by atoms with Crippen LogP contribution in [0, 0.1) is 6.92 Å². The number of hydrogen-bond donors (Lipinski definition) is 3. The molecular formula is C27H37K2N2O9S3+3. The van der Waals surface area contributed by atoms with Gasteiger partial charge in [-0.15, -0.1) is 0 Å². The Hall–Kier alpha value is 0.653. The van der Waals surface area contributed by atoms with Gasteiger partial charge in [0.15, 0.2) is 5.71 Å². The molecule has 0 saturated carbocycles.